The molecule has 0 spiro atoms. The van der Waals surface area contributed by atoms with E-state index < -0.39 is 0 Å². The number of aromatic nitrogens is 8. The van der Waals surface area contributed by atoms with Crippen molar-refractivity contribution < 1.29 is 29.7 Å². The monoisotopic (exact) mass is 1890 g/mol. The SMILES string of the molecule is CC(=O)CC(C)=O.Cc1cnc2c3[c-]c(-n4c5ccc(C(C)(C)C)cc5c5cc(C(C)(C)C)ccc54)ccc3c3ccc(-n4c5ccc(C(C)(C)C)cc5c5cc(C(C)(C)C)ccc54)cc3c2n1.Cc1cnc2c3[c-]c(-n4c5ccc(C(C)(C)C)cc5c5cc(C(C)(C)C)ccc54)ccc3c3ccc(-n4c5ccc(C(C)(C)C)cc5c5cc(C(C)(C)C)ccc54)cc3c2n1.[Ir+3]. The third-order valence-corrected chi connectivity index (χ3v) is 26.7. The van der Waals surface area contributed by atoms with Crippen LogP contribution in [-0.4, -0.2) is 49.8 Å². The zero-order valence-electron chi connectivity index (χ0n) is 81.2. The van der Waals surface area contributed by atoms with Gasteiger partial charge in [-0.05, 0) is 259 Å². The fourth-order valence-electron chi connectivity index (χ4n) is 19.2. The zero-order valence-corrected chi connectivity index (χ0v) is 83.6. The van der Waals surface area contributed by atoms with Crippen LogP contribution in [0.5, 0.6) is 0 Å². The summed E-state index contributed by atoms with van der Waals surface area (Å²) in [5.74, 6) is -0.125. The molecule has 14 aromatic carbocycles. The number of ketones is 2. The van der Waals surface area contributed by atoms with E-state index in [4.69, 9.17) is 19.9 Å². The van der Waals surface area contributed by atoms with Crippen LogP contribution in [0.2, 0.25) is 0 Å². The minimum atomic E-state index is -0.0625. The van der Waals surface area contributed by atoms with Gasteiger partial charge in [0.25, 0.3) is 0 Å². The Balaban J connectivity index is 0.000000169. The smallest absolute Gasteiger partial charge is 0.327 e. The molecule has 20 aromatic rings. The molecule has 0 unspecified atom stereocenters. The minimum Gasteiger partial charge on any atom is -0.327 e. The second-order valence-electron chi connectivity index (χ2n) is 44.9. The number of Topliss-reactive ketones (excluding diaryl/α,β-unsaturated/α-hetero) is 2. The molecule has 0 fully saturated rings. The van der Waals surface area contributed by atoms with Crippen molar-refractivity contribution >= 4 is 164 Å². The first-order valence-corrected chi connectivity index (χ1v) is 45.9. The molecular weight excluding hydrogens is 1770 g/mol. The molecule has 0 saturated heterocycles. The summed E-state index contributed by atoms with van der Waals surface area (Å²) >= 11 is 0. The molecule has 0 radical (unpaired) electrons. The summed E-state index contributed by atoms with van der Waals surface area (Å²) in [5.41, 5.74) is 30.0. The summed E-state index contributed by atoms with van der Waals surface area (Å²) in [4.78, 5) is 40.8. The van der Waals surface area contributed by atoms with Gasteiger partial charge in [0, 0.05) is 77.9 Å². The zero-order chi connectivity index (χ0) is 92.1. The topological polar surface area (TPSA) is 105 Å². The number of aryl methyl sites for hydroxylation is 2. The van der Waals surface area contributed by atoms with E-state index in [1.54, 1.807) is 0 Å². The first-order valence-electron chi connectivity index (χ1n) is 45.9. The Morgan fingerprint density at radius 2 is 0.469 bits per heavy atom. The second kappa shape index (κ2) is 31.7. The van der Waals surface area contributed by atoms with Crippen LogP contribution >= 0.6 is 0 Å². The third kappa shape index (κ3) is 16.0. The number of carbonyl (C=O) groups is 2. The Morgan fingerprint density at radius 3 is 0.677 bits per heavy atom. The molecule has 10 nitrogen and oxygen atoms in total. The van der Waals surface area contributed by atoms with Gasteiger partial charge in [-0.1, -0.05) is 248 Å². The van der Waals surface area contributed by atoms with Gasteiger partial charge in [0.1, 0.15) is 11.6 Å². The molecule has 0 atom stereocenters. The number of rotatable bonds is 6. The predicted molar refractivity (Wildman–Crippen MR) is 549 cm³/mol. The largest absolute Gasteiger partial charge is 3.00 e. The van der Waals surface area contributed by atoms with Crippen LogP contribution < -0.4 is 0 Å². The van der Waals surface area contributed by atoms with Crippen LogP contribution in [0.25, 0.3) is 175 Å². The first kappa shape index (κ1) is 89.9. The van der Waals surface area contributed by atoms with Gasteiger partial charge in [0.2, 0.25) is 0 Å². The molecule has 0 amide bonds. The van der Waals surface area contributed by atoms with Gasteiger partial charge in [-0.25, -0.2) is 0 Å². The van der Waals surface area contributed by atoms with E-state index in [1.807, 2.05) is 26.2 Å². The minimum absolute atomic E-state index is 0. The van der Waals surface area contributed by atoms with E-state index >= 15 is 0 Å². The molecule has 0 bridgehead atoms. The maximum Gasteiger partial charge on any atom is 3.00 e. The van der Waals surface area contributed by atoms with E-state index in [9.17, 15) is 9.59 Å². The third-order valence-electron chi connectivity index (χ3n) is 26.7. The maximum atomic E-state index is 10.0. The molecule has 130 heavy (non-hydrogen) atoms. The Labute approximate surface area is 779 Å². The number of hydrogen-bond acceptors (Lipinski definition) is 6. The first-order chi connectivity index (χ1) is 60.5. The molecular formula is C119H122IrN8O2+. The summed E-state index contributed by atoms with van der Waals surface area (Å²) in [7, 11) is 0. The average Bonchev–Trinajstić information content (AvgIpc) is 1.69. The maximum absolute atomic E-state index is 10.0. The van der Waals surface area contributed by atoms with E-state index in [0.29, 0.717) is 0 Å². The Kier molecular flexibility index (Phi) is 21.9. The van der Waals surface area contributed by atoms with E-state index in [-0.39, 0.29) is 81.4 Å². The Morgan fingerprint density at radius 1 is 0.254 bits per heavy atom. The van der Waals surface area contributed by atoms with Crippen molar-refractivity contribution in [1.29, 1.82) is 0 Å². The number of carbonyl (C=O) groups excluding carboxylic acids is 2. The summed E-state index contributed by atoms with van der Waals surface area (Å²) in [6, 6.07) is 86.9. The number of benzene rings is 14. The van der Waals surface area contributed by atoms with Crippen molar-refractivity contribution in [2.45, 2.75) is 244 Å². The van der Waals surface area contributed by atoms with Gasteiger partial charge in [-0.15, -0.1) is 47.2 Å². The van der Waals surface area contributed by atoms with Crippen LogP contribution in [0.1, 0.15) is 242 Å². The predicted octanol–water partition coefficient (Wildman–Crippen LogP) is 31.4. The van der Waals surface area contributed by atoms with Crippen LogP contribution in [-0.2, 0) is 73.0 Å². The van der Waals surface area contributed by atoms with E-state index in [0.717, 1.165) is 99.3 Å². The van der Waals surface area contributed by atoms with Gasteiger partial charge in [-0.2, -0.15) is 0 Å². The molecule has 6 heterocycles. The van der Waals surface area contributed by atoms with E-state index in [1.165, 1.54) is 146 Å². The summed E-state index contributed by atoms with van der Waals surface area (Å²) < 4.78 is 9.66. The fraction of sp³-hybridized carbons (Fsp3) is 0.311. The van der Waals surface area contributed by atoms with Crippen molar-refractivity contribution in [3.8, 4) is 22.7 Å². The van der Waals surface area contributed by atoms with Gasteiger partial charge in [0.05, 0.1) is 73.0 Å². The van der Waals surface area contributed by atoms with Gasteiger partial charge in [-0.3, -0.25) is 19.6 Å². The van der Waals surface area contributed by atoms with Crippen molar-refractivity contribution in [1.82, 2.24) is 38.2 Å². The Hall–Kier alpha value is -12.0. The van der Waals surface area contributed by atoms with Crippen molar-refractivity contribution in [2.24, 2.45) is 0 Å². The van der Waals surface area contributed by atoms with Crippen LogP contribution in [0.15, 0.2) is 219 Å². The van der Waals surface area contributed by atoms with Crippen LogP contribution in [0.4, 0.5) is 0 Å². The molecule has 0 aliphatic heterocycles. The molecule has 0 aliphatic carbocycles. The number of hydrogen-bond donors (Lipinski definition) is 0. The average molecular weight is 1890 g/mol. The molecule has 20 rings (SSSR count). The number of fused-ring (bicyclic) bond motifs is 24. The van der Waals surface area contributed by atoms with Crippen molar-refractivity contribution in [3.63, 3.8) is 0 Å². The fourth-order valence-corrected chi connectivity index (χ4v) is 19.2. The van der Waals surface area contributed by atoms with Gasteiger partial charge < -0.3 is 28.2 Å². The summed E-state index contributed by atoms with van der Waals surface area (Å²) in [6.07, 6.45) is 3.88. The van der Waals surface area contributed by atoms with Gasteiger partial charge in [0.15, 0.2) is 0 Å². The van der Waals surface area contributed by atoms with Crippen molar-refractivity contribution in [3.05, 3.63) is 287 Å². The molecule has 0 N–H and O–H groups in total. The number of nitrogens with zero attached hydrogens (tertiary/aromatic N) is 8. The van der Waals surface area contributed by atoms with Crippen LogP contribution in [0, 0.1) is 26.0 Å². The van der Waals surface area contributed by atoms with Gasteiger partial charge >= 0.3 is 20.1 Å². The molecule has 0 aliphatic rings. The normalized spacial score (nSPS) is 13.0. The quantitative estimate of drug-likeness (QED) is 0.0933. The van der Waals surface area contributed by atoms with E-state index in [2.05, 4.69) is 403 Å². The summed E-state index contributed by atoms with van der Waals surface area (Å²) in [6.45, 7) is 61.9. The summed E-state index contributed by atoms with van der Waals surface area (Å²) in [5, 5.41) is 18.9. The molecule has 0 saturated carbocycles. The second-order valence-corrected chi connectivity index (χ2v) is 44.9. The van der Waals surface area contributed by atoms with Crippen molar-refractivity contribution in [2.75, 3.05) is 0 Å². The molecule has 658 valence electrons. The Bertz CT molecular complexity index is 7360. The molecule has 6 aromatic heterocycles. The standard InChI is InChI=1S/2C57H57N4.C5H8O2.Ir/c2*1-33-32-58-52-46-30-38(60-48-22-14-34(54(2,3)4)26-42(48)43-27-35(55(5,6)7)15-23-49(43)60)18-20-40(46)41-21-19-39(31-47(41)53(52)59-33)61-50-24-16-36(56(8,9)10)28-44(50)45-29-37(57(11,12)13)17-25-51(45)61;1-4(6)3-5(2)7;/h2*14-29,31-32H,1-13H3;3H2,1-2H3;/q2*-1;;+3. The molecule has 11 heteroatoms. The van der Waals surface area contributed by atoms with Crippen LogP contribution in [0.3, 0.4) is 0 Å².